The van der Waals surface area contributed by atoms with E-state index in [2.05, 4.69) is 9.97 Å². The number of amides is 1. The maximum absolute atomic E-state index is 13.7. The van der Waals surface area contributed by atoms with E-state index in [0.29, 0.717) is 36.7 Å². The number of nitrogens with two attached hydrogens (primary N) is 1. The summed E-state index contributed by atoms with van der Waals surface area (Å²) in [4.78, 5) is 23.8. The van der Waals surface area contributed by atoms with Gasteiger partial charge in [0.2, 0.25) is 0 Å². The maximum atomic E-state index is 13.7. The Morgan fingerprint density at radius 2 is 2.11 bits per heavy atom. The molecular weight excluding hydrogens is 377 g/mol. The summed E-state index contributed by atoms with van der Waals surface area (Å²) in [6.07, 6.45) is 4.94. The molecule has 1 saturated heterocycles. The Balaban J connectivity index is 1.70. The molecule has 0 aliphatic carbocycles. The van der Waals surface area contributed by atoms with Crippen molar-refractivity contribution >= 4 is 17.2 Å². The third-order valence-electron chi connectivity index (χ3n) is 5.09. The van der Waals surface area contributed by atoms with Crippen molar-refractivity contribution in [3.05, 3.63) is 58.6 Å². The van der Waals surface area contributed by atoms with Gasteiger partial charge in [0.05, 0.1) is 6.20 Å². The van der Waals surface area contributed by atoms with Crippen LogP contribution >= 0.6 is 11.3 Å². The minimum absolute atomic E-state index is 0.0546. The van der Waals surface area contributed by atoms with Crippen molar-refractivity contribution in [2.45, 2.75) is 32.4 Å². The van der Waals surface area contributed by atoms with E-state index in [4.69, 9.17) is 5.73 Å². The lowest BCUT2D eigenvalue weighted by atomic mass is 10.1. The Kier molecular flexibility index (Phi) is 5.23. The number of nitrogens with zero attached hydrogens (tertiary/aromatic N) is 4. The van der Waals surface area contributed by atoms with Crippen molar-refractivity contribution in [1.29, 1.82) is 0 Å². The topological polar surface area (TPSA) is 77.0 Å². The first-order chi connectivity index (χ1) is 13.5. The van der Waals surface area contributed by atoms with Crippen molar-refractivity contribution in [3.63, 3.8) is 0 Å². The monoisotopic (exact) mass is 399 g/mol. The number of aryl methyl sites for hydroxylation is 1. The predicted molar refractivity (Wildman–Crippen MR) is 107 cm³/mol. The second-order valence-corrected chi connectivity index (χ2v) is 8.00. The number of aromatic nitrogens is 3. The van der Waals surface area contributed by atoms with Gasteiger partial charge in [0.25, 0.3) is 5.91 Å². The van der Waals surface area contributed by atoms with Crippen LogP contribution in [0.3, 0.4) is 0 Å². The number of carbonyl (C=O) groups is 1. The minimum Gasteiger partial charge on any atom is -0.337 e. The molecule has 0 atom stereocenters. The molecular formula is C20H22FN5OS. The standard InChI is InChI=1S/C20H22FN5OS/c1-13-10-14(2-3-16(13)21)12-26-17(11-24-18(26)19-23-6-9-28-19)20(27)25-7-4-15(22)5-8-25/h2-3,6,9-11,15H,4-5,7-8,12,22H2,1H3. The number of carbonyl (C=O) groups excluding carboxylic acids is 1. The predicted octanol–water partition coefficient (Wildman–Crippen LogP) is 3.07. The Labute approximate surface area is 166 Å². The van der Waals surface area contributed by atoms with Crippen LogP contribution in [0.2, 0.25) is 0 Å². The van der Waals surface area contributed by atoms with Crippen molar-refractivity contribution < 1.29 is 9.18 Å². The van der Waals surface area contributed by atoms with E-state index < -0.39 is 0 Å². The highest BCUT2D eigenvalue weighted by Gasteiger charge is 2.26. The minimum atomic E-state index is -0.240. The molecule has 1 amide bonds. The summed E-state index contributed by atoms with van der Waals surface area (Å²) in [6.45, 7) is 3.45. The summed E-state index contributed by atoms with van der Waals surface area (Å²) in [5.74, 6) is 0.352. The van der Waals surface area contributed by atoms with Gasteiger partial charge in [-0.1, -0.05) is 12.1 Å². The lowest BCUT2D eigenvalue weighted by Gasteiger charge is -2.30. The van der Waals surface area contributed by atoms with E-state index in [9.17, 15) is 9.18 Å². The largest absolute Gasteiger partial charge is 0.337 e. The number of thiazole rings is 1. The average molecular weight is 399 g/mol. The molecule has 8 heteroatoms. The van der Waals surface area contributed by atoms with Crippen molar-refractivity contribution in [3.8, 4) is 10.8 Å². The molecule has 0 radical (unpaired) electrons. The zero-order chi connectivity index (χ0) is 19.7. The van der Waals surface area contributed by atoms with Gasteiger partial charge in [-0.2, -0.15) is 0 Å². The maximum Gasteiger partial charge on any atom is 0.272 e. The Hall–Kier alpha value is -2.58. The summed E-state index contributed by atoms with van der Waals surface area (Å²) < 4.78 is 15.5. The Bertz CT molecular complexity index is 977. The van der Waals surface area contributed by atoms with Gasteiger partial charge in [-0.15, -0.1) is 11.3 Å². The molecule has 1 aliphatic heterocycles. The number of rotatable bonds is 4. The van der Waals surface area contributed by atoms with E-state index in [1.165, 1.54) is 17.4 Å². The Morgan fingerprint density at radius 1 is 1.32 bits per heavy atom. The lowest BCUT2D eigenvalue weighted by molar-refractivity contribution is 0.0704. The molecule has 2 aromatic heterocycles. The van der Waals surface area contributed by atoms with E-state index in [1.807, 2.05) is 14.8 Å². The smallest absolute Gasteiger partial charge is 0.272 e. The quantitative estimate of drug-likeness (QED) is 0.731. The molecule has 4 rings (SSSR count). The van der Waals surface area contributed by atoms with Crippen LogP contribution < -0.4 is 5.73 Å². The Morgan fingerprint density at radius 3 is 2.79 bits per heavy atom. The van der Waals surface area contributed by atoms with Crippen molar-refractivity contribution in [2.24, 2.45) is 5.73 Å². The highest BCUT2D eigenvalue weighted by molar-refractivity contribution is 7.13. The van der Waals surface area contributed by atoms with Gasteiger partial charge in [0, 0.05) is 37.3 Å². The highest BCUT2D eigenvalue weighted by atomic mass is 32.1. The molecule has 2 N–H and O–H groups in total. The van der Waals surface area contributed by atoms with Crippen molar-refractivity contribution in [1.82, 2.24) is 19.4 Å². The molecule has 3 aromatic rings. The van der Waals surface area contributed by atoms with Gasteiger partial charge in [-0.3, -0.25) is 4.79 Å². The molecule has 28 heavy (non-hydrogen) atoms. The first kappa shape index (κ1) is 18.8. The van der Waals surface area contributed by atoms with Gasteiger partial charge in [-0.25, -0.2) is 14.4 Å². The number of piperidine rings is 1. The third kappa shape index (κ3) is 3.70. The first-order valence-electron chi connectivity index (χ1n) is 9.28. The van der Waals surface area contributed by atoms with Crippen LogP contribution in [0.15, 0.2) is 36.0 Å². The lowest BCUT2D eigenvalue weighted by Crippen LogP contribution is -2.43. The fourth-order valence-corrected chi connectivity index (χ4v) is 4.10. The zero-order valence-electron chi connectivity index (χ0n) is 15.6. The second-order valence-electron chi connectivity index (χ2n) is 7.10. The van der Waals surface area contributed by atoms with Gasteiger partial charge in [0.15, 0.2) is 10.8 Å². The number of hydrogen-bond acceptors (Lipinski definition) is 5. The summed E-state index contributed by atoms with van der Waals surface area (Å²) in [6, 6.07) is 5.15. The fraction of sp³-hybridized carbons (Fsp3) is 0.350. The average Bonchev–Trinajstić information content (AvgIpc) is 3.34. The molecule has 3 heterocycles. The summed E-state index contributed by atoms with van der Waals surface area (Å²) in [7, 11) is 0. The van der Waals surface area contributed by atoms with E-state index in [0.717, 1.165) is 23.4 Å². The SMILES string of the molecule is Cc1cc(Cn2c(C(=O)N3CCC(N)CC3)cnc2-c2nccs2)ccc1F. The first-order valence-corrected chi connectivity index (χ1v) is 10.2. The van der Waals surface area contributed by atoms with Crippen LogP contribution in [-0.4, -0.2) is 44.5 Å². The highest BCUT2D eigenvalue weighted by Crippen LogP contribution is 2.25. The van der Waals surface area contributed by atoms with Gasteiger partial charge in [-0.05, 0) is 37.0 Å². The van der Waals surface area contributed by atoms with Gasteiger partial charge in [0.1, 0.15) is 11.5 Å². The second kappa shape index (κ2) is 7.81. The molecule has 1 fully saturated rings. The molecule has 0 spiro atoms. The van der Waals surface area contributed by atoms with Crippen LogP contribution in [0.1, 0.15) is 34.5 Å². The number of hydrogen-bond donors (Lipinski definition) is 1. The van der Waals surface area contributed by atoms with Gasteiger partial charge < -0.3 is 15.2 Å². The number of halogens is 1. The van der Waals surface area contributed by atoms with E-state index >= 15 is 0 Å². The molecule has 146 valence electrons. The molecule has 1 aliphatic rings. The molecule has 6 nitrogen and oxygen atoms in total. The number of likely N-dealkylation sites (tertiary alicyclic amines) is 1. The number of imidazole rings is 1. The van der Waals surface area contributed by atoms with Crippen LogP contribution in [-0.2, 0) is 6.54 Å². The van der Waals surface area contributed by atoms with Crippen LogP contribution in [0, 0.1) is 12.7 Å². The van der Waals surface area contributed by atoms with Crippen molar-refractivity contribution in [2.75, 3.05) is 13.1 Å². The van der Waals surface area contributed by atoms with Crippen LogP contribution in [0.25, 0.3) is 10.8 Å². The molecule has 0 saturated carbocycles. The molecule has 0 bridgehead atoms. The molecule has 1 aromatic carbocycles. The van der Waals surface area contributed by atoms with Crippen LogP contribution in [0.4, 0.5) is 4.39 Å². The van der Waals surface area contributed by atoms with E-state index in [1.54, 1.807) is 31.5 Å². The normalized spacial score (nSPS) is 15.2. The molecule has 0 unspecified atom stereocenters. The summed E-state index contributed by atoms with van der Waals surface area (Å²) in [5.41, 5.74) is 7.97. The number of benzene rings is 1. The zero-order valence-corrected chi connectivity index (χ0v) is 16.5. The van der Waals surface area contributed by atoms with E-state index in [-0.39, 0.29) is 17.8 Å². The van der Waals surface area contributed by atoms with Gasteiger partial charge >= 0.3 is 0 Å². The van der Waals surface area contributed by atoms with Crippen LogP contribution in [0.5, 0.6) is 0 Å². The summed E-state index contributed by atoms with van der Waals surface area (Å²) >= 11 is 1.47. The summed E-state index contributed by atoms with van der Waals surface area (Å²) in [5, 5.41) is 2.63. The third-order valence-corrected chi connectivity index (χ3v) is 5.86. The fourth-order valence-electron chi connectivity index (χ4n) is 3.46.